The molecule has 4 heteroatoms. The minimum Gasteiger partial charge on any atom is -0.458 e. The maximum Gasteiger partial charge on any atom is 0.331 e. The smallest absolute Gasteiger partial charge is 0.331 e. The van der Waals surface area contributed by atoms with Crippen molar-refractivity contribution in [3.63, 3.8) is 0 Å². The molecule has 1 aromatic carbocycles. The Morgan fingerprint density at radius 3 is 3.06 bits per heavy atom. The maximum absolute atomic E-state index is 11.2. The molecule has 1 heterocycles. The predicted molar refractivity (Wildman–Crippen MR) is 61.7 cm³/mol. The monoisotopic (exact) mass is 232 g/mol. The van der Waals surface area contributed by atoms with Crippen LogP contribution in [0.2, 0.25) is 0 Å². The first-order chi connectivity index (χ1) is 8.29. The fraction of sp³-hybridized carbons (Fsp3) is 0.154. The highest BCUT2D eigenvalue weighted by Crippen LogP contribution is 2.32. The lowest BCUT2D eigenvalue weighted by Crippen LogP contribution is -2.00. The summed E-state index contributed by atoms with van der Waals surface area (Å²) in [6, 6.07) is 5.43. The molecule has 0 aliphatic carbocycles. The van der Waals surface area contributed by atoms with Crippen molar-refractivity contribution < 1.29 is 19.0 Å². The second-order valence-electron chi connectivity index (χ2n) is 3.39. The van der Waals surface area contributed by atoms with Gasteiger partial charge in [-0.25, -0.2) is 4.79 Å². The van der Waals surface area contributed by atoms with Crippen LogP contribution in [-0.2, 0) is 16.1 Å². The van der Waals surface area contributed by atoms with Crippen molar-refractivity contribution in [3.8, 4) is 11.5 Å². The van der Waals surface area contributed by atoms with Gasteiger partial charge in [0.05, 0.1) is 0 Å². The van der Waals surface area contributed by atoms with Crippen molar-refractivity contribution in [3.05, 3.63) is 48.6 Å². The van der Waals surface area contributed by atoms with Crippen LogP contribution < -0.4 is 9.47 Å². The number of carbonyl (C=O) groups excluding carboxylic acids is 1. The second kappa shape index (κ2) is 5.21. The van der Waals surface area contributed by atoms with E-state index in [1.54, 1.807) is 12.1 Å². The third kappa shape index (κ3) is 2.87. The van der Waals surface area contributed by atoms with E-state index in [0.29, 0.717) is 11.5 Å². The van der Waals surface area contributed by atoms with Gasteiger partial charge in [-0.2, -0.15) is 0 Å². The molecule has 17 heavy (non-hydrogen) atoms. The van der Waals surface area contributed by atoms with E-state index in [9.17, 15) is 4.79 Å². The van der Waals surface area contributed by atoms with Gasteiger partial charge in [0, 0.05) is 6.08 Å². The van der Waals surface area contributed by atoms with Crippen molar-refractivity contribution in [2.45, 2.75) is 6.61 Å². The van der Waals surface area contributed by atoms with E-state index >= 15 is 0 Å². The topological polar surface area (TPSA) is 44.8 Å². The molecule has 0 unspecified atom stereocenters. The molecule has 1 aromatic rings. The lowest BCUT2D eigenvalue weighted by molar-refractivity contribution is -0.139. The number of benzene rings is 1. The zero-order valence-corrected chi connectivity index (χ0v) is 9.22. The van der Waals surface area contributed by atoms with Gasteiger partial charge in [-0.15, -0.1) is 0 Å². The summed E-state index contributed by atoms with van der Waals surface area (Å²) in [6.07, 6.45) is 4.36. The molecule has 0 amide bonds. The van der Waals surface area contributed by atoms with Gasteiger partial charge in [-0.3, -0.25) is 0 Å². The second-order valence-corrected chi connectivity index (χ2v) is 3.39. The highest BCUT2D eigenvalue weighted by atomic mass is 16.7. The Morgan fingerprint density at radius 1 is 1.41 bits per heavy atom. The van der Waals surface area contributed by atoms with Crippen LogP contribution in [0.5, 0.6) is 11.5 Å². The number of rotatable bonds is 4. The SMILES string of the molecule is C=CC=CC(=O)OCc1ccc2c(c1)OCO2. The van der Waals surface area contributed by atoms with Crippen LogP contribution in [0.15, 0.2) is 43.0 Å². The average molecular weight is 232 g/mol. The van der Waals surface area contributed by atoms with Gasteiger partial charge < -0.3 is 14.2 Å². The van der Waals surface area contributed by atoms with Crippen LogP contribution in [0.25, 0.3) is 0 Å². The van der Waals surface area contributed by atoms with E-state index in [4.69, 9.17) is 14.2 Å². The largest absolute Gasteiger partial charge is 0.458 e. The van der Waals surface area contributed by atoms with Gasteiger partial charge >= 0.3 is 5.97 Å². The molecule has 2 rings (SSSR count). The number of carbonyl (C=O) groups is 1. The Bertz CT molecular complexity index is 462. The molecule has 0 radical (unpaired) electrons. The average Bonchev–Trinajstić information content (AvgIpc) is 2.81. The van der Waals surface area contributed by atoms with E-state index in [2.05, 4.69) is 6.58 Å². The molecule has 0 bridgehead atoms. The van der Waals surface area contributed by atoms with Crippen molar-refractivity contribution in [2.24, 2.45) is 0 Å². The summed E-state index contributed by atoms with van der Waals surface area (Å²) in [5, 5.41) is 0. The molecule has 4 nitrogen and oxygen atoms in total. The molecule has 1 aliphatic heterocycles. The Hall–Kier alpha value is -2.23. The summed E-state index contributed by atoms with van der Waals surface area (Å²) in [7, 11) is 0. The van der Waals surface area contributed by atoms with Crippen LogP contribution in [0.3, 0.4) is 0 Å². The van der Waals surface area contributed by atoms with Crippen LogP contribution in [0.1, 0.15) is 5.56 Å². The summed E-state index contributed by atoms with van der Waals surface area (Å²) in [6.45, 7) is 3.91. The summed E-state index contributed by atoms with van der Waals surface area (Å²) in [5.74, 6) is 0.995. The highest BCUT2D eigenvalue weighted by Gasteiger charge is 2.13. The first-order valence-electron chi connectivity index (χ1n) is 5.14. The Kier molecular flexibility index (Phi) is 3.45. The van der Waals surface area contributed by atoms with Crippen LogP contribution >= 0.6 is 0 Å². The van der Waals surface area contributed by atoms with Crippen molar-refractivity contribution in [2.75, 3.05) is 6.79 Å². The van der Waals surface area contributed by atoms with Crippen molar-refractivity contribution in [1.29, 1.82) is 0 Å². The summed E-state index contributed by atoms with van der Waals surface area (Å²) >= 11 is 0. The molecule has 88 valence electrons. The molecule has 0 saturated heterocycles. The summed E-state index contributed by atoms with van der Waals surface area (Å²) < 4.78 is 15.4. The number of hydrogen-bond acceptors (Lipinski definition) is 4. The fourth-order valence-electron chi connectivity index (χ4n) is 1.38. The fourth-order valence-corrected chi connectivity index (χ4v) is 1.38. The molecule has 0 saturated carbocycles. The summed E-state index contributed by atoms with van der Waals surface area (Å²) in [5.41, 5.74) is 0.856. The molecule has 0 aromatic heterocycles. The molecule has 1 aliphatic rings. The van der Waals surface area contributed by atoms with Gasteiger partial charge in [0.25, 0.3) is 0 Å². The van der Waals surface area contributed by atoms with Gasteiger partial charge in [0.1, 0.15) is 6.61 Å². The molecule has 0 spiro atoms. The number of allylic oxidation sites excluding steroid dienone is 2. The first-order valence-corrected chi connectivity index (χ1v) is 5.14. The molecule has 0 fully saturated rings. The third-order valence-corrected chi connectivity index (χ3v) is 2.19. The number of ether oxygens (including phenoxy) is 3. The maximum atomic E-state index is 11.2. The molecular weight excluding hydrogens is 220 g/mol. The van der Waals surface area contributed by atoms with E-state index in [0.717, 1.165) is 5.56 Å². The number of esters is 1. The van der Waals surface area contributed by atoms with E-state index in [1.807, 2.05) is 6.07 Å². The zero-order chi connectivity index (χ0) is 12.1. The van der Waals surface area contributed by atoms with E-state index in [1.165, 1.54) is 18.2 Å². The van der Waals surface area contributed by atoms with Crippen molar-refractivity contribution in [1.82, 2.24) is 0 Å². The standard InChI is InChI=1S/C13H12O4/c1-2-3-4-13(14)15-8-10-5-6-11-12(7-10)17-9-16-11/h2-7H,1,8-9H2. The highest BCUT2D eigenvalue weighted by molar-refractivity contribution is 5.82. The van der Waals surface area contributed by atoms with Gasteiger partial charge in [0.15, 0.2) is 11.5 Å². The third-order valence-electron chi connectivity index (χ3n) is 2.19. The Morgan fingerprint density at radius 2 is 2.24 bits per heavy atom. The quantitative estimate of drug-likeness (QED) is 0.453. The van der Waals surface area contributed by atoms with Gasteiger partial charge in [-0.1, -0.05) is 24.8 Å². The normalized spacial score (nSPS) is 12.7. The van der Waals surface area contributed by atoms with Gasteiger partial charge in [-0.05, 0) is 17.7 Å². The number of hydrogen-bond donors (Lipinski definition) is 0. The number of fused-ring (bicyclic) bond motifs is 1. The molecular formula is C13H12O4. The van der Waals surface area contributed by atoms with Crippen LogP contribution in [0, 0.1) is 0 Å². The Balaban J connectivity index is 1.93. The predicted octanol–water partition coefficient (Wildman–Crippen LogP) is 2.20. The van der Waals surface area contributed by atoms with E-state index in [-0.39, 0.29) is 13.4 Å². The lowest BCUT2D eigenvalue weighted by atomic mass is 10.2. The van der Waals surface area contributed by atoms with Crippen LogP contribution in [0.4, 0.5) is 0 Å². The first kappa shape index (κ1) is 11.3. The van der Waals surface area contributed by atoms with Crippen LogP contribution in [-0.4, -0.2) is 12.8 Å². The zero-order valence-electron chi connectivity index (χ0n) is 9.22. The van der Waals surface area contributed by atoms with Crippen molar-refractivity contribution >= 4 is 5.97 Å². The summed E-state index contributed by atoms with van der Waals surface area (Å²) in [4.78, 5) is 11.2. The minimum absolute atomic E-state index is 0.205. The van der Waals surface area contributed by atoms with Gasteiger partial charge in [0.2, 0.25) is 6.79 Å². The minimum atomic E-state index is -0.400. The Labute approximate surface area is 99.1 Å². The van der Waals surface area contributed by atoms with E-state index < -0.39 is 5.97 Å². The molecule has 0 atom stereocenters. The lowest BCUT2D eigenvalue weighted by Gasteiger charge is -2.03. The molecule has 0 N–H and O–H groups in total.